The molecule has 1 aliphatic heterocycles. The van der Waals surface area contributed by atoms with E-state index in [1.807, 2.05) is 25.2 Å². The highest BCUT2D eigenvalue weighted by Crippen LogP contribution is 2.36. The molecule has 2 heterocycles. The first-order valence-electron chi connectivity index (χ1n) is 6.27. The predicted octanol–water partition coefficient (Wildman–Crippen LogP) is 1.16. The second kappa shape index (κ2) is 4.89. The molecule has 6 heteroatoms. The van der Waals surface area contributed by atoms with E-state index < -0.39 is 0 Å². The lowest BCUT2D eigenvalue weighted by Crippen LogP contribution is -2.36. The van der Waals surface area contributed by atoms with Crippen LogP contribution < -0.4 is 15.0 Å². The number of hydrogen-bond acceptors (Lipinski definition) is 5. The van der Waals surface area contributed by atoms with Gasteiger partial charge in [-0.2, -0.15) is 0 Å². The molecular formula is C13H15N3O3. The summed E-state index contributed by atoms with van der Waals surface area (Å²) in [6.07, 6.45) is 0.846. The molecule has 0 saturated carbocycles. The van der Waals surface area contributed by atoms with E-state index in [0.29, 0.717) is 23.7 Å². The summed E-state index contributed by atoms with van der Waals surface area (Å²) in [7, 11) is 1.89. The van der Waals surface area contributed by atoms with Gasteiger partial charge in [0.15, 0.2) is 18.0 Å². The van der Waals surface area contributed by atoms with E-state index in [1.54, 1.807) is 4.90 Å². The van der Waals surface area contributed by atoms with Crippen molar-refractivity contribution < 1.29 is 14.1 Å². The van der Waals surface area contributed by atoms with Gasteiger partial charge in [0.2, 0.25) is 0 Å². The summed E-state index contributed by atoms with van der Waals surface area (Å²) >= 11 is 0. The Morgan fingerprint density at radius 1 is 1.47 bits per heavy atom. The maximum atomic E-state index is 12.1. The summed E-state index contributed by atoms with van der Waals surface area (Å²) in [4.78, 5) is 13.8. The van der Waals surface area contributed by atoms with Gasteiger partial charge in [0, 0.05) is 6.54 Å². The van der Waals surface area contributed by atoms with Crippen LogP contribution in [0.5, 0.6) is 5.75 Å². The smallest absolute Gasteiger partial charge is 0.266 e. The number of rotatable bonds is 4. The minimum absolute atomic E-state index is 0.0367. The Morgan fingerprint density at radius 3 is 3.21 bits per heavy atom. The van der Waals surface area contributed by atoms with Crippen LogP contribution in [0, 0.1) is 0 Å². The molecule has 1 amide bonds. The second-order valence-corrected chi connectivity index (χ2v) is 4.43. The van der Waals surface area contributed by atoms with Crippen molar-refractivity contribution >= 4 is 22.7 Å². The minimum Gasteiger partial charge on any atom is -0.483 e. The van der Waals surface area contributed by atoms with E-state index in [0.717, 1.165) is 18.4 Å². The van der Waals surface area contributed by atoms with Crippen molar-refractivity contribution in [3.05, 3.63) is 18.2 Å². The summed E-state index contributed by atoms with van der Waals surface area (Å²) in [6.45, 7) is 1.47. The fraction of sp³-hybridized carbons (Fsp3) is 0.385. The second-order valence-electron chi connectivity index (χ2n) is 4.43. The molecule has 1 aromatic carbocycles. The van der Waals surface area contributed by atoms with Gasteiger partial charge in [0.05, 0.1) is 0 Å². The number of amides is 1. The van der Waals surface area contributed by atoms with Gasteiger partial charge in [0.1, 0.15) is 11.1 Å². The lowest BCUT2D eigenvalue weighted by atomic mass is 10.2. The third kappa shape index (κ3) is 2.04. The number of carbonyl (C=O) groups excluding carboxylic acids is 1. The van der Waals surface area contributed by atoms with E-state index >= 15 is 0 Å². The molecule has 1 N–H and O–H groups in total. The Kier molecular flexibility index (Phi) is 3.08. The zero-order valence-corrected chi connectivity index (χ0v) is 10.7. The van der Waals surface area contributed by atoms with Gasteiger partial charge in [-0.25, -0.2) is 0 Å². The molecule has 1 aliphatic rings. The first-order valence-corrected chi connectivity index (χ1v) is 6.27. The highest BCUT2D eigenvalue weighted by atomic mass is 16.5. The Balaban J connectivity index is 2.01. The predicted molar refractivity (Wildman–Crippen MR) is 70.4 cm³/mol. The monoisotopic (exact) mass is 261 g/mol. The normalized spacial score (nSPS) is 14.6. The first kappa shape index (κ1) is 12.0. The number of benzene rings is 1. The maximum Gasteiger partial charge on any atom is 0.266 e. The first-order chi connectivity index (χ1) is 9.31. The largest absolute Gasteiger partial charge is 0.483 e. The lowest BCUT2D eigenvalue weighted by molar-refractivity contribution is -0.120. The van der Waals surface area contributed by atoms with E-state index in [1.165, 1.54) is 0 Å². The molecule has 1 aromatic heterocycles. The van der Waals surface area contributed by atoms with Crippen molar-refractivity contribution in [2.24, 2.45) is 0 Å². The molecule has 3 rings (SSSR count). The number of aromatic nitrogens is 1. The van der Waals surface area contributed by atoms with Crippen LogP contribution >= 0.6 is 0 Å². The maximum absolute atomic E-state index is 12.1. The standard InChI is InChI=1S/C13H15N3O3/c1-14-6-3-7-16-11(17)8-18-9-4-2-5-10-12(9)13(16)15-19-10/h2,4-5,14H,3,6-8H2,1H3. The molecule has 0 spiro atoms. The zero-order chi connectivity index (χ0) is 13.2. The number of nitrogens with one attached hydrogen (secondary N) is 1. The molecule has 100 valence electrons. The van der Waals surface area contributed by atoms with Gasteiger partial charge in [0.25, 0.3) is 5.91 Å². The van der Waals surface area contributed by atoms with E-state index in [-0.39, 0.29) is 12.5 Å². The average molecular weight is 261 g/mol. The summed E-state index contributed by atoms with van der Waals surface area (Å²) in [5.41, 5.74) is 0.640. The van der Waals surface area contributed by atoms with Crippen molar-refractivity contribution in [2.75, 3.05) is 31.6 Å². The van der Waals surface area contributed by atoms with Gasteiger partial charge in [-0.05, 0) is 32.1 Å². The SMILES string of the molecule is CNCCCN1C(=O)COc2cccc3onc1c23. The van der Waals surface area contributed by atoms with Crippen LogP contribution in [-0.4, -0.2) is 37.8 Å². The van der Waals surface area contributed by atoms with Gasteiger partial charge in [-0.1, -0.05) is 11.2 Å². The molecule has 0 bridgehead atoms. The number of anilines is 1. The molecule has 0 unspecified atom stereocenters. The van der Waals surface area contributed by atoms with Gasteiger partial charge in [-0.3, -0.25) is 9.69 Å². The van der Waals surface area contributed by atoms with Gasteiger partial charge in [-0.15, -0.1) is 0 Å². The number of hydrogen-bond donors (Lipinski definition) is 1. The summed E-state index contributed by atoms with van der Waals surface area (Å²) in [6, 6.07) is 5.47. The number of ether oxygens (including phenoxy) is 1. The summed E-state index contributed by atoms with van der Waals surface area (Å²) < 4.78 is 10.8. The molecule has 6 nitrogen and oxygen atoms in total. The van der Waals surface area contributed by atoms with Crippen LogP contribution in [-0.2, 0) is 4.79 Å². The average Bonchev–Trinajstić information content (AvgIpc) is 2.79. The van der Waals surface area contributed by atoms with Gasteiger partial charge >= 0.3 is 0 Å². The summed E-state index contributed by atoms with van der Waals surface area (Å²) in [5.74, 6) is 1.12. The highest BCUT2D eigenvalue weighted by molar-refractivity contribution is 6.05. The molecule has 19 heavy (non-hydrogen) atoms. The number of carbonyl (C=O) groups is 1. The minimum atomic E-state index is -0.0949. The van der Waals surface area contributed by atoms with Crippen molar-refractivity contribution in [3.8, 4) is 5.75 Å². The Hall–Kier alpha value is -2.08. The van der Waals surface area contributed by atoms with Crippen LogP contribution in [0.25, 0.3) is 11.0 Å². The summed E-state index contributed by atoms with van der Waals surface area (Å²) in [5, 5.41) is 7.86. The molecule has 0 saturated heterocycles. The highest BCUT2D eigenvalue weighted by Gasteiger charge is 2.27. The zero-order valence-electron chi connectivity index (χ0n) is 10.7. The Bertz CT molecular complexity index is 608. The van der Waals surface area contributed by atoms with Crippen LogP contribution in [0.15, 0.2) is 22.7 Å². The van der Waals surface area contributed by atoms with Crippen molar-refractivity contribution in [1.82, 2.24) is 10.5 Å². The van der Waals surface area contributed by atoms with Crippen molar-refractivity contribution in [2.45, 2.75) is 6.42 Å². The third-order valence-corrected chi connectivity index (χ3v) is 3.16. The van der Waals surface area contributed by atoms with Crippen LogP contribution in [0.1, 0.15) is 6.42 Å². The fourth-order valence-corrected chi connectivity index (χ4v) is 2.23. The van der Waals surface area contributed by atoms with Crippen LogP contribution in [0.4, 0.5) is 5.82 Å². The van der Waals surface area contributed by atoms with Crippen molar-refractivity contribution in [1.29, 1.82) is 0 Å². The molecule has 0 radical (unpaired) electrons. The molecule has 2 aromatic rings. The van der Waals surface area contributed by atoms with E-state index in [9.17, 15) is 4.79 Å². The Labute approximate surface area is 110 Å². The fourth-order valence-electron chi connectivity index (χ4n) is 2.23. The number of nitrogens with zero attached hydrogens (tertiary/aromatic N) is 2. The van der Waals surface area contributed by atoms with Crippen LogP contribution in [0.3, 0.4) is 0 Å². The van der Waals surface area contributed by atoms with E-state index in [4.69, 9.17) is 9.26 Å². The van der Waals surface area contributed by atoms with E-state index in [2.05, 4.69) is 10.5 Å². The third-order valence-electron chi connectivity index (χ3n) is 3.16. The molecule has 0 atom stereocenters. The van der Waals surface area contributed by atoms with Crippen molar-refractivity contribution in [3.63, 3.8) is 0 Å². The van der Waals surface area contributed by atoms with Crippen LogP contribution in [0.2, 0.25) is 0 Å². The Morgan fingerprint density at radius 2 is 2.37 bits per heavy atom. The molecule has 0 aliphatic carbocycles. The molecular weight excluding hydrogens is 246 g/mol. The topological polar surface area (TPSA) is 67.6 Å². The lowest BCUT2D eigenvalue weighted by Gasteiger charge is -2.17. The quantitative estimate of drug-likeness (QED) is 0.837. The van der Waals surface area contributed by atoms with Gasteiger partial charge < -0.3 is 14.6 Å². The molecule has 0 fully saturated rings.